The molecule has 7 heteroatoms. The standard InChI is InChI=1S/C12H25O.C6H6O3S.O.Ti/c1-3-5-6-7-8-9-11-12(13)10-4-2;7-10(8,9)6-4-2-1-3-5-6;;/h12H,3-11H2,1-2H3;1-5H,(H,7,8,9);;/q-1;;;+2/p-1. The summed E-state index contributed by atoms with van der Waals surface area (Å²) in [5, 5.41) is 0. The molecule has 5 nitrogen and oxygen atoms in total. The minimum atomic E-state index is -4.02. The van der Waals surface area contributed by atoms with Crippen LogP contribution in [0.2, 0.25) is 0 Å². The Balaban J connectivity index is 2.44. The van der Waals surface area contributed by atoms with E-state index in [1.54, 1.807) is 18.2 Å². The van der Waals surface area contributed by atoms with Crippen LogP contribution < -0.4 is 0 Å². The van der Waals surface area contributed by atoms with E-state index in [0.29, 0.717) is 0 Å². The summed E-state index contributed by atoms with van der Waals surface area (Å²) in [5.41, 5.74) is 0. The second kappa shape index (κ2) is 12.9. The topological polar surface area (TPSA) is 69.7 Å². The summed E-state index contributed by atoms with van der Waals surface area (Å²) in [6.07, 6.45) is 9.34. The van der Waals surface area contributed by atoms with Gasteiger partial charge in [-0.15, -0.1) is 0 Å². The number of hydrogen-bond acceptors (Lipinski definition) is 5. The van der Waals surface area contributed by atoms with Crippen LogP contribution in [0.5, 0.6) is 0 Å². The first-order chi connectivity index (χ1) is 12.0. The quantitative estimate of drug-likeness (QED) is 0.317. The number of hydrogen-bond donors (Lipinski definition) is 0. The second-order valence-corrected chi connectivity index (χ2v) is 9.66. The van der Waals surface area contributed by atoms with Gasteiger partial charge in [0.15, 0.2) is 0 Å². The predicted octanol–water partition coefficient (Wildman–Crippen LogP) is 5.12. The summed E-state index contributed by atoms with van der Waals surface area (Å²) < 4.78 is 46.6. The molecule has 1 aromatic carbocycles. The molecule has 142 valence electrons. The van der Waals surface area contributed by atoms with Gasteiger partial charge in [-0.1, -0.05) is 0 Å². The Morgan fingerprint density at radius 1 is 0.920 bits per heavy atom. The van der Waals surface area contributed by atoms with Gasteiger partial charge in [-0.3, -0.25) is 0 Å². The summed E-state index contributed by atoms with van der Waals surface area (Å²) in [5.74, 6) is 0. The second-order valence-electron chi connectivity index (χ2n) is 6.19. The van der Waals surface area contributed by atoms with Crippen LogP contribution in [0.4, 0.5) is 0 Å². The van der Waals surface area contributed by atoms with E-state index in [2.05, 4.69) is 6.92 Å². The normalized spacial score (nSPS) is 12.9. The molecular formula is C18H30O5STi. The van der Waals surface area contributed by atoms with Crippen molar-refractivity contribution in [1.82, 2.24) is 0 Å². The van der Waals surface area contributed by atoms with Gasteiger partial charge in [0.1, 0.15) is 0 Å². The molecular weight excluding hydrogens is 376 g/mol. The van der Waals surface area contributed by atoms with E-state index in [1.165, 1.54) is 37.8 Å². The van der Waals surface area contributed by atoms with Gasteiger partial charge in [0, 0.05) is 0 Å². The molecule has 0 amide bonds. The van der Waals surface area contributed by atoms with Crippen molar-refractivity contribution in [3.63, 3.8) is 0 Å². The monoisotopic (exact) mass is 406 g/mol. The maximum absolute atomic E-state index is 12.1. The van der Waals surface area contributed by atoms with Crippen molar-refractivity contribution in [2.45, 2.75) is 82.6 Å². The van der Waals surface area contributed by atoms with E-state index in [4.69, 9.17) is 6.08 Å². The average molecular weight is 406 g/mol. The molecule has 0 saturated heterocycles. The van der Waals surface area contributed by atoms with Crippen LogP contribution in [0.3, 0.4) is 0 Å². The molecule has 0 aliphatic heterocycles. The van der Waals surface area contributed by atoms with Gasteiger partial charge < -0.3 is 0 Å². The minimum absolute atomic E-state index is 0.00224. The molecule has 0 heterocycles. The van der Waals surface area contributed by atoms with Gasteiger partial charge in [-0.05, 0) is 0 Å². The molecule has 1 rings (SSSR count). The SMILES string of the molecule is CCCCCCCCC(CCC)[O][Ti](=[O])[O]S(=O)(=O)c1ccccc1. The summed E-state index contributed by atoms with van der Waals surface area (Å²) in [4.78, 5) is 0.00224. The van der Waals surface area contributed by atoms with Crippen LogP contribution in [0.15, 0.2) is 35.2 Å². The number of rotatable bonds is 14. The first-order valence-corrected chi connectivity index (χ1v) is 12.5. The van der Waals surface area contributed by atoms with E-state index < -0.39 is 28.7 Å². The van der Waals surface area contributed by atoms with Crippen molar-refractivity contribution in [2.75, 3.05) is 0 Å². The zero-order chi connectivity index (χ0) is 18.5. The van der Waals surface area contributed by atoms with Gasteiger partial charge >= 0.3 is 160 Å². The summed E-state index contributed by atoms with van der Waals surface area (Å²) in [7, 11) is -4.02. The van der Waals surface area contributed by atoms with Gasteiger partial charge in [0.25, 0.3) is 0 Å². The molecule has 0 fully saturated rings. The molecule has 0 aromatic heterocycles. The van der Waals surface area contributed by atoms with Crippen LogP contribution in [0.1, 0.15) is 71.6 Å². The van der Waals surface area contributed by atoms with Crippen molar-refractivity contribution < 1.29 is 36.4 Å². The Kier molecular flexibility index (Phi) is 11.7. The predicted molar refractivity (Wildman–Crippen MR) is 93.2 cm³/mol. The van der Waals surface area contributed by atoms with Crippen molar-refractivity contribution in [3.8, 4) is 0 Å². The molecule has 0 spiro atoms. The Bertz CT molecular complexity index is 589. The third kappa shape index (κ3) is 9.76. The molecule has 1 atom stereocenters. The number of benzene rings is 1. The maximum atomic E-state index is 12.1. The van der Waals surface area contributed by atoms with Crippen molar-refractivity contribution >= 4 is 10.1 Å². The Morgan fingerprint density at radius 3 is 2.20 bits per heavy atom. The van der Waals surface area contributed by atoms with E-state index >= 15 is 0 Å². The fraction of sp³-hybridized carbons (Fsp3) is 0.667. The first kappa shape index (κ1) is 22.6. The fourth-order valence-electron chi connectivity index (χ4n) is 2.62. The van der Waals surface area contributed by atoms with Gasteiger partial charge in [0.2, 0.25) is 0 Å². The Hall–Kier alpha value is -0.396. The summed E-state index contributed by atoms with van der Waals surface area (Å²) in [6, 6.07) is 7.74. The Morgan fingerprint density at radius 2 is 1.56 bits per heavy atom. The molecule has 0 aliphatic carbocycles. The summed E-state index contributed by atoms with van der Waals surface area (Å²) >= 11 is -3.79. The molecule has 0 N–H and O–H groups in total. The molecule has 0 aliphatic rings. The van der Waals surface area contributed by atoms with Crippen LogP contribution >= 0.6 is 0 Å². The van der Waals surface area contributed by atoms with Crippen molar-refractivity contribution in [1.29, 1.82) is 0 Å². The molecule has 0 radical (unpaired) electrons. The van der Waals surface area contributed by atoms with Crippen LogP contribution in [-0.2, 0) is 38.1 Å². The number of unbranched alkanes of at least 4 members (excludes halogenated alkanes) is 5. The van der Waals surface area contributed by atoms with Crippen LogP contribution in [-0.4, -0.2) is 14.5 Å². The third-order valence-corrected chi connectivity index (χ3v) is 7.65. The Labute approximate surface area is 159 Å². The van der Waals surface area contributed by atoms with E-state index in [0.717, 1.165) is 32.1 Å². The average Bonchev–Trinajstić information content (AvgIpc) is 2.58. The van der Waals surface area contributed by atoms with Crippen LogP contribution in [0.25, 0.3) is 0 Å². The zero-order valence-electron chi connectivity index (χ0n) is 15.3. The van der Waals surface area contributed by atoms with Gasteiger partial charge in [0.05, 0.1) is 0 Å². The van der Waals surface area contributed by atoms with E-state index in [9.17, 15) is 11.7 Å². The molecule has 25 heavy (non-hydrogen) atoms. The van der Waals surface area contributed by atoms with Crippen molar-refractivity contribution in [2.24, 2.45) is 0 Å². The fourth-order valence-corrected chi connectivity index (χ4v) is 5.69. The molecule has 1 unspecified atom stereocenters. The third-order valence-electron chi connectivity index (χ3n) is 3.96. The first-order valence-electron chi connectivity index (χ1n) is 9.19. The van der Waals surface area contributed by atoms with Gasteiger partial charge in [-0.2, -0.15) is 0 Å². The van der Waals surface area contributed by atoms with E-state index in [-0.39, 0.29) is 11.0 Å². The molecule has 0 bridgehead atoms. The van der Waals surface area contributed by atoms with Crippen molar-refractivity contribution in [3.05, 3.63) is 30.3 Å². The molecule has 0 saturated carbocycles. The zero-order valence-corrected chi connectivity index (χ0v) is 17.7. The summed E-state index contributed by atoms with van der Waals surface area (Å²) in [6.45, 7) is 4.22. The van der Waals surface area contributed by atoms with Gasteiger partial charge in [-0.25, -0.2) is 0 Å². The molecule has 1 aromatic rings. The van der Waals surface area contributed by atoms with E-state index in [1.807, 2.05) is 6.92 Å². The van der Waals surface area contributed by atoms with Crippen LogP contribution in [0, 0.1) is 0 Å².